The second kappa shape index (κ2) is 5.56. The fourth-order valence-electron chi connectivity index (χ4n) is 1.55. The smallest absolute Gasteiger partial charge is 0.423 e. The normalized spacial score (nSPS) is 10.7. The van der Waals surface area contributed by atoms with E-state index in [0.717, 1.165) is 11.0 Å². The SMILES string of the molecule is Cn1cc(SCc2cc(F)cc(B(O)O)c2)cn1. The average Bonchev–Trinajstić information content (AvgIpc) is 2.72. The molecule has 0 unspecified atom stereocenters. The highest BCUT2D eigenvalue weighted by Crippen LogP contribution is 2.21. The maximum Gasteiger partial charge on any atom is 0.488 e. The van der Waals surface area contributed by atoms with Gasteiger partial charge in [0.2, 0.25) is 0 Å². The summed E-state index contributed by atoms with van der Waals surface area (Å²) in [5.41, 5.74) is 0.865. The number of nitrogens with zero attached hydrogens (tertiary/aromatic N) is 2. The third-order valence-corrected chi connectivity index (χ3v) is 3.39. The molecule has 1 aromatic carbocycles. The number of aryl methyl sites for hydroxylation is 1. The highest BCUT2D eigenvalue weighted by molar-refractivity contribution is 7.98. The largest absolute Gasteiger partial charge is 0.488 e. The van der Waals surface area contributed by atoms with Crippen LogP contribution in [-0.4, -0.2) is 26.9 Å². The van der Waals surface area contributed by atoms with E-state index in [4.69, 9.17) is 10.0 Å². The van der Waals surface area contributed by atoms with Crippen molar-refractivity contribution in [3.05, 3.63) is 42.0 Å². The number of aromatic nitrogens is 2. The minimum Gasteiger partial charge on any atom is -0.423 e. The van der Waals surface area contributed by atoms with E-state index in [9.17, 15) is 4.39 Å². The van der Waals surface area contributed by atoms with E-state index in [1.165, 1.54) is 17.8 Å². The van der Waals surface area contributed by atoms with Gasteiger partial charge in [-0.05, 0) is 23.2 Å². The quantitative estimate of drug-likeness (QED) is 0.626. The number of hydrogen-bond acceptors (Lipinski definition) is 4. The zero-order valence-electron chi connectivity index (χ0n) is 9.75. The van der Waals surface area contributed by atoms with Crippen molar-refractivity contribution in [3.63, 3.8) is 0 Å². The minimum absolute atomic E-state index is 0.164. The molecule has 0 aliphatic heterocycles. The van der Waals surface area contributed by atoms with Gasteiger partial charge < -0.3 is 10.0 Å². The van der Waals surface area contributed by atoms with E-state index in [-0.39, 0.29) is 5.46 Å². The van der Waals surface area contributed by atoms with Gasteiger partial charge in [-0.25, -0.2) is 4.39 Å². The van der Waals surface area contributed by atoms with Gasteiger partial charge in [0.15, 0.2) is 0 Å². The summed E-state index contributed by atoms with van der Waals surface area (Å²) < 4.78 is 15.0. The van der Waals surface area contributed by atoms with Crippen LogP contribution < -0.4 is 5.46 Å². The molecule has 0 bridgehead atoms. The molecule has 0 saturated carbocycles. The molecule has 18 heavy (non-hydrogen) atoms. The van der Waals surface area contributed by atoms with Crippen molar-refractivity contribution in [1.29, 1.82) is 0 Å². The summed E-state index contributed by atoms with van der Waals surface area (Å²) >= 11 is 1.51. The third kappa shape index (κ3) is 3.35. The number of thioether (sulfide) groups is 1. The Morgan fingerprint density at radius 1 is 1.39 bits per heavy atom. The first kappa shape index (κ1) is 13.1. The molecular weight excluding hydrogens is 254 g/mol. The molecule has 0 spiro atoms. The van der Waals surface area contributed by atoms with Crippen molar-refractivity contribution in [2.24, 2.45) is 7.05 Å². The Morgan fingerprint density at radius 2 is 2.17 bits per heavy atom. The average molecular weight is 266 g/mol. The molecular formula is C11H12BFN2O2S. The summed E-state index contributed by atoms with van der Waals surface area (Å²) in [5, 5.41) is 22.1. The van der Waals surface area contributed by atoms with Gasteiger partial charge in [0.05, 0.1) is 6.20 Å². The fraction of sp³-hybridized carbons (Fsp3) is 0.182. The fourth-order valence-corrected chi connectivity index (χ4v) is 2.40. The number of benzene rings is 1. The third-order valence-electron chi connectivity index (χ3n) is 2.36. The van der Waals surface area contributed by atoms with Crippen LogP contribution in [0.25, 0.3) is 0 Å². The van der Waals surface area contributed by atoms with Crippen LogP contribution in [0.1, 0.15) is 5.56 Å². The van der Waals surface area contributed by atoms with Crippen LogP contribution in [0.4, 0.5) is 4.39 Å². The highest BCUT2D eigenvalue weighted by Gasteiger charge is 2.13. The first-order chi connectivity index (χ1) is 8.54. The molecule has 7 heteroatoms. The Hall–Kier alpha value is -1.31. The van der Waals surface area contributed by atoms with Crippen molar-refractivity contribution in [2.45, 2.75) is 10.6 Å². The minimum atomic E-state index is -1.65. The van der Waals surface area contributed by atoms with Gasteiger partial charge in [0.25, 0.3) is 0 Å². The molecule has 0 saturated heterocycles. The zero-order chi connectivity index (χ0) is 13.1. The van der Waals surface area contributed by atoms with Crippen LogP contribution in [0, 0.1) is 5.82 Å². The summed E-state index contributed by atoms with van der Waals surface area (Å²) in [6, 6.07) is 4.08. The Balaban J connectivity index is 2.09. The lowest BCUT2D eigenvalue weighted by Gasteiger charge is -2.04. The molecule has 0 aliphatic carbocycles. The second-order valence-electron chi connectivity index (χ2n) is 3.90. The van der Waals surface area contributed by atoms with E-state index in [1.807, 2.05) is 13.2 Å². The first-order valence-corrected chi connectivity index (χ1v) is 6.30. The van der Waals surface area contributed by atoms with Crippen LogP contribution in [-0.2, 0) is 12.8 Å². The topological polar surface area (TPSA) is 58.3 Å². The monoisotopic (exact) mass is 266 g/mol. The Kier molecular flexibility index (Phi) is 4.06. The maximum atomic E-state index is 13.3. The summed E-state index contributed by atoms with van der Waals surface area (Å²) in [6.45, 7) is 0. The molecule has 94 valence electrons. The van der Waals surface area contributed by atoms with Crippen LogP contribution in [0.5, 0.6) is 0 Å². The van der Waals surface area contributed by atoms with E-state index in [0.29, 0.717) is 11.3 Å². The maximum absolute atomic E-state index is 13.3. The van der Waals surface area contributed by atoms with Crippen LogP contribution >= 0.6 is 11.8 Å². The molecule has 0 atom stereocenters. The summed E-state index contributed by atoms with van der Waals surface area (Å²) in [6.07, 6.45) is 3.59. The zero-order valence-corrected chi connectivity index (χ0v) is 10.6. The summed E-state index contributed by atoms with van der Waals surface area (Å²) in [5.74, 6) is 0.0748. The lowest BCUT2D eigenvalue weighted by molar-refractivity contribution is 0.425. The predicted molar refractivity (Wildman–Crippen MR) is 69.0 cm³/mol. The van der Waals surface area contributed by atoms with Crippen molar-refractivity contribution < 1.29 is 14.4 Å². The Bertz CT molecular complexity index is 548. The second-order valence-corrected chi connectivity index (χ2v) is 4.95. The molecule has 0 fully saturated rings. The summed E-state index contributed by atoms with van der Waals surface area (Å²) in [7, 11) is 0.176. The molecule has 4 nitrogen and oxygen atoms in total. The number of rotatable bonds is 4. The van der Waals surface area contributed by atoms with Crippen LogP contribution in [0.2, 0.25) is 0 Å². The molecule has 0 aliphatic rings. The van der Waals surface area contributed by atoms with Crippen molar-refractivity contribution in [1.82, 2.24) is 9.78 Å². The van der Waals surface area contributed by atoms with Gasteiger partial charge in [0, 0.05) is 23.9 Å². The molecule has 2 N–H and O–H groups in total. The van der Waals surface area contributed by atoms with Gasteiger partial charge in [0.1, 0.15) is 5.82 Å². The van der Waals surface area contributed by atoms with E-state index in [2.05, 4.69) is 5.10 Å². The molecule has 2 aromatic rings. The van der Waals surface area contributed by atoms with Crippen LogP contribution in [0.3, 0.4) is 0 Å². The van der Waals surface area contributed by atoms with Crippen molar-refractivity contribution in [3.8, 4) is 0 Å². The predicted octanol–water partition coefficient (Wildman–Crippen LogP) is 0.531. The van der Waals surface area contributed by atoms with Crippen LogP contribution in [0.15, 0.2) is 35.5 Å². The van der Waals surface area contributed by atoms with Gasteiger partial charge >= 0.3 is 7.12 Å². The molecule has 1 heterocycles. The Labute approximate surface area is 109 Å². The first-order valence-electron chi connectivity index (χ1n) is 5.31. The standard InChI is InChI=1S/C11H12BFN2O2S/c1-15-6-11(5-14-15)18-7-8-2-9(12(16)17)4-10(13)3-8/h2-6,16-17H,7H2,1H3. The van der Waals surface area contributed by atoms with Crippen molar-refractivity contribution >= 4 is 24.3 Å². The lowest BCUT2D eigenvalue weighted by Crippen LogP contribution is -2.30. The van der Waals surface area contributed by atoms with E-state index >= 15 is 0 Å². The van der Waals surface area contributed by atoms with Gasteiger partial charge in [-0.3, -0.25) is 4.68 Å². The van der Waals surface area contributed by atoms with E-state index < -0.39 is 12.9 Å². The Morgan fingerprint density at radius 3 is 2.78 bits per heavy atom. The molecule has 0 amide bonds. The molecule has 2 rings (SSSR count). The van der Waals surface area contributed by atoms with Gasteiger partial charge in [-0.2, -0.15) is 5.10 Å². The van der Waals surface area contributed by atoms with Gasteiger partial charge in [-0.1, -0.05) is 6.07 Å². The van der Waals surface area contributed by atoms with Gasteiger partial charge in [-0.15, -0.1) is 11.8 Å². The highest BCUT2D eigenvalue weighted by atomic mass is 32.2. The summed E-state index contributed by atoms with van der Waals surface area (Å²) in [4.78, 5) is 0.979. The molecule has 1 aromatic heterocycles. The lowest BCUT2D eigenvalue weighted by atomic mass is 9.79. The molecule has 0 radical (unpaired) electrons. The van der Waals surface area contributed by atoms with E-state index in [1.54, 1.807) is 16.9 Å². The van der Waals surface area contributed by atoms with Crippen molar-refractivity contribution in [2.75, 3.05) is 0 Å². The number of halogens is 1. The number of hydrogen-bond donors (Lipinski definition) is 2.